The van der Waals surface area contributed by atoms with Gasteiger partial charge in [0.15, 0.2) is 0 Å². The lowest BCUT2D eigenvalue weighted by Crippen LogP contribution is -2.43. The Labute approximate surface area is 132 Å². The van der Waals surface area contributed by atoms with E-state index in [-0.39, 0.29) is 18.7 Å². The van der Waals surface area contributed by atoms with Gasteiger partial charge in [0.2, 0.25) is 0 Å². The van der Waals surface area contributed by atoms with Crippen molar-refractivity contribution in [3.63, 3.8) is 0 Å². The molecule has 0 aliphatic heterocycles. The van der Waals surface area contributed by atoms with Crippen molar-refractivity contribution in [2.24, 2.45) is 5.92 Å². The topological polar surface area (TPSA) is 70.6 Å². The molecule has 0 heterocycles. The first-order valence-corrected chi connectivity index (χ1v) is 8.08. The number of carbonyl (C=O) groups excluding carboxylic acids is 1. The molecule has 0 aromatic heterocycles. The molecule has 5 nitrogen and oxygen atoms in total. The third-order valence-electron chi connectivity index (χ3n) is 4.10. The zero-order valence-corrected chi connectivity index (χ0v) is 13.2. The number of aliphatic hydroxyl groups is 1. The minimum absolute atomic E-state index is 0.130. The molecule has 22 heavy (non-hydrogen) atoms. The Bertz CT molecular complexity index is 471. The predicted octanol–water partition coefficient (Wildman–Crippen LogP) is 2.44. The summed E-state index contributed by atoms with van der Waals surface area (Å²) in [5.74, 6) is 1.23. The highest BCUT2D eigenvalue weighted by Gasteiger charge is 2.21. The molecular weight excluding hydrogens is 280 g/mol. The van der Waals surface area contributed by atoms with Gasteiger partial charge in [0.1, 0.15) is 5.75 Å². The molecule has 2 rings (SSSR count). The van der Waals surface area contributed by atoms with Crippen molar-refractivity contribution in [3.05, 3.63) is 29.8 Å². The van der Waals surface area contributed by atoms with Crippen LogP contribution in [0.2, 0.25) is 0 Å². The van der Waals surface area contributed by atoms with Crippen LogP contribution in [0.3, 0.4) is 0 Å². The van der Waals surface area contributed by atoms with Crippen LogP contribution in [-0.4, -0.2) is 30.4 Å². The van der Waals surface area contributed by atoms with E-state index >= 15 is 0 Å². The second-order valence-electron chi connectivity index (χ2n) is 5.81. The molecule has 1 aromatic rings. The van der Waals surface area contributed by atoms with Gasteiger partial charge in [0, 0.05) is 19.2 Å². The molecule has 5 heteroatoms. The summed E-state index contributed by atoms with van der Waals surface area (Å²) < 4.78 is 5.45. The van der Waals surface area contributed by atoms with E-state index in [2.05, 4.69) is 10.6 Å². The van der Waals surface area contributed by atoms with Crippen LogP contribution in [0.5, 0.6) is 5.75 Å². The second kappa shape index (κ2) is 8.63. The van der Waals surface area contributed by atoms with Crippen LogP contribution in [0.15, 0.2) is 24.3 Å². The molecule has 1 aliphatic rings. The summed E-state index contributed by atoms with van der Waals surface area (Å²) in [5.41, 5.74) is 1.02. The van der Waals surface area contributed by atoms with E-state index in [4.69, 9.17) is 9.84 Å². The summed E-state index contributed by atoms with van der Waals surface area (Å²) in [4.78, 5) is 11.9. The Morgan fingerprint density at radius 1 is 1.32 bits per heavy atom. The average Bonchev–Trinajstić information content (AvgIpc) is 2.54. The molecule has 1 aromatic carbocycles. The first-order chi connectivity index (χ1) is 10.7. The van der Waals surface area contributed by atoms with Crippen LogP contribution < -0.4 is 15.4 Å². The minimum atomic E-state index is -0.130. The summed E-state index contributed by atoms with van der Waals surface area (Å²) in [6.07, 6.45) is 3.85. The number of carbonyl (C=O) groups is 1. The molecule has 1 fully saturated rings. The molecule has 0 radical (unpaired) electrons. The van der Waals surface area contributed by atoms with Crippen LogP contribution in [0.1, 0.15) is 38.2 Å². The number of amides is 2. The number of aliphatic hydroxyl groups excluding tert-OH is 1. The molecule has 0 saturated heterocycles. The van der Waals surface area contributed by atoms with E-state index in [9.17, 15) is 4.79 Å². The first kappa shape index (κ1) is 16.6. The number of ether oxygens (including phenoxy) is 1. The Morgan fingerprint density at radius 3 is 2.77 bits per heavy atom. The van der Waals surface area contributed by atoms with E-state index < -0.39 is 0 Å². The molecule has 1 aliphatic carbocycles. The minimum Gasteiger partial charge on any atom is -0.494 e. The average molecular weight is 306 g/mol. The van der Waals surface area contributed by atoms with Gasteiger partial charge in [-0.15, -0.1) is 0 Å². The number of hydrogen-bond acceptors (Lipinski definition) is 3. The molecule has 3 N–H and O–H groups in total. The first-order valence-electron chi connectivity index (χ1n) is 8.08. The zero-order chi connectivity index (χ0) is 15.8. The SMILES string of the molecule is CCOc1cccc(CNC(=O)NC2CCC(CO)CC2)c1. The molecule has 122 valence electrons. The maximum absolute atomic E-state index is 11.9. The number of nitrogens with one attached hydrogen (secondary N) is 2. The monoisotopic (exact) mass is 306 g/mol. The van der Waals surface area contributed by atoms with Gasteiger partial charge in [-0.3, -0.25) is 0 Å². The van der Waals surface area contributed by atoms with E-state index in [1.54, 1.807) is 0 Å². The largest absolute Gasteiger partial charge is 0.494 e. The molecular formula is C17H26N2O3. The number of rotatable bonds is 6. The molecule has 0 unspecified atom stereocenters. The van der Waals surface area contributed by atoms with Crippen LogP contribution >= 0.6 is 0 Å². The van der Waals surface area contributed by atoms with Gasteiger partial charge in [-0.05, 0) is 56.2 Å². The Kier molecular flexibility index (Phi) is 6.52. The molecule has 0 bridgehead atoms. The van der Waals surface area contributed by atoms with Gasteiger partial charge >= 0.3 is 6.03 Å². The number of benzene rings is 1. The van der Waals surface area contributed by atoms with Gasteiger partial charge in [-0.1, -0.05) is 12.1 Å². The lowest BCUT2D eigenvalue weighted by molar-refractivity contribution is 0.174. The van der Waals surface area contributed by atoms with E-state index in [0.29, 0.717) is 19.1 Å². The number of hydrogen-bond donors (Lipinski definition) is 3. The van der Waals surface area contributed by atoms with Crippen molar-refractivity contribution in [1.29, 1.82) is 0 Å². The van der Waals surface area contributed by atoms with Crippen LogP contribution in [0.25, 0.3) is 0 Å². The summed E-state index contributed by atoms with van der Waals surface area (Å²) in [6.45, 7) is 3.32. The normalized spacial score (nSPS) is 21.2. The van der Waals surface area contributed by atoms with Crippen molar-refractivity contribution < 1.29 is 14.6 Å². The van der Waals surface area contributed by atoms with Crippen LogP contribution in [0.4, 0.5) is 4.79 Å². The Balaban J connectivity index is 1.72. The van der Waals surface area contributed by atoms with Crippen LogP contribution in [-0.2, 0) is 6.54 Å². The third kappa shape index (κ3) is 5.22. The van der Waals surface area contributed by atoms with E-state index in [1.165, 1.54) is 0 Å². The maximum atomic E-state index is 11.9. The van der Waals surface area contributed by atoms with Gasteiger partial charge in [0.25, 0.3) is 0 Å². The lowest BCUT2D eigenvalue weighted by Gasteiger charge is -2.27. The summed E-state index contributed by atoms with van der Waals surface area (Å²) >= 11 is 0. The van der Waals surface area contributed by atoms with Crippen molar-refractivity contribution in [1.82, 2.24) is 10.6 Å². The van der Waals surface area contributed by atoms with Crippen molar-refractivity contribution in [3.8, 4) is 5.75 Å². The van der Waals surface area contributed by atoms with Gasteiger partial charge in [-0.2, -0.15) is 0 Å². The smallest absolute Gasteiger partial charge is 0.315 e. The predicted molar refractivity (Wildman–Crippen MR) is 85.8 cm³/mol. The van der Waals surface area contributed by atoms with Crippen LogP contribution in [0, 0.1) is 5.92 Å². The Morgan fingerprint density at radius 2 is 2.09 bits per heavy atom. The molecule has 1 saturated carbocycles. The fourth-order valence-electron chi connectivity index (χ4n) is 2.82. The van der Waals surface area contributed by atoms with Gasteiger partial charge in [-0.25, -0.2) is 4.79 Å². The summed E-state index contributed by atoms with van der Waals surface area (Å²) in [5, 5.41) is 15.0. The molecule has 0 atom stereocenters. The highest BCUT2D eigenvalue weighted by atomic mass is 16.5. The van der Waals surface area contributed by atoms with Gasteiger partial charge < -0.3 is 20.5 Å². The lowest BCUT2D eigenvalue weighted by atomic mass is 9.87. The van der Waals surface area contributed by atoms with E-state index in [0.717, 1.165) is 37.0 Å². The van der Waals surface area contributed by atoms with Crippen molar-refractivity contribution in [2.45, 2.75) is 45.2 Å². The van der Waals surface area contributed by atoms with Gasteiger partial charge in [0.05, 0.1) is 6.61 Å². The third-order valence-corrected chi connectivity index (χ3v) is 4.10. The zero-order valence-electron chi connectivity index (χ0n) is 13.2. The van der Waals surface area contributed by atoms with Crippen molar-refractivity contribution in [2.75, 3.05) is 13.2 Å². The summed E-state index contributed by atoms with van der Waals surface area (Å²) in [7, 11) is 0. The fraction of sp³-hybridized carbons (Fsp3) is 0.588. The highest BCUT2D eigenvalue weighted by Crippen LogP contribution is 2.23. The van der Waals surface area contributed by atoms with E-state index in [1.807, 2.05) is 31.2 Å². The summed E-state index contributed by atoms with van der Waals surface area (Å²) in [6, 6.07) is 7.83. The standard InChI is InChI=1S/C17H26N2O3/c1-2-22-16-5-3-4-14(10-16)11-18-17(21)19-15-8-6-13(12-20)7-9-15/h3-5,10,13,15,20H,2,6-9,11-12H2,1H3,(H2,18,19,21). The molecule has 0 spiro atoms. The quantitative estimate of drug-likeness (QED) is 0.756. The molecule has 2 amide bonds. The second-order valence-corrected chi connectivity index (χ2v) is 5.81. The number of urea groups is 1. The maximum Gasteiger partial charge on any atom is 0.315 e. The fourth-order valence-corrected chi connectivity index (χ4v) is 2.82. The van der Waals surface area contributed by atoms with Crippen molar-refractivity contribution >= 4 is 6.03 Å². The Hall–Kier alpha value is -1.75. The highest BCUT2D eigenvalue weighted by molar-refractivity contribution is 5.74.